The molecule has 1 aliphatic rings. The summed E-state index contributed by atoms with van der Waals surface area (Å²) in [5.74, 6) is -0.932. The highest BCUT2D eigenvalue weighted by atomic mass is 79.9. The first-order chi connectivity index (χ1) is 12.9. The number of carboxylic acid groups (broad SMARTS) is 1. The summed E-state index contributed by atoms with van der Waals surface area (Å²) in [5, 5.41) is 12.3. The van der Waals surface area contributed by atoms with E-state index >= 15 is 0 Å². The van der Waals surface area contributed by atoms with Gasteiger partial charge in [0.25, 0.3) is 5.91 Å². The van der Waals surface area contributed by atoms with Crippen molar-refractivity contribution in [1.29, 1.82) is 0 Å². The van der Waals surface area contributed by atoms with E-state index in [-0.39, 0.29) is 6.54 Å². The third-order valence-corrected chi connectivity index (χ3v) is 5.17. The fourth-order valence-corrected chi connectivity index (χ4v) is 3.71. The van der Waals surface area contributed by atoms with Crippen molar-refractivity contribution in [2.24, 2.45) is 0 Å². The van der Waals surface area contributed by atoms with Crippen LogP contribution in [0.1, 0.15) is 27.5 Å². The van der Waals surface area contributed by atoms with E-state index in [1.165, 1.54) is 19.2 Å². The van der Waals surface area contributed by atoms with Gasteiger partial charge in [-0.2, -0.15) is 0 Å². The quantitative estimate of drug-likeness (QED) is 0.723. The van der Waals surface area contributed by atoms with Crippen LogP contribution in [-0.2, 0) is 16.0 Å². The molecule has 2 aromatic rings. The van der Waals surface area contributed by atoms with Crippen LogP contribution in [0.2, 0.25) is 0 Å². The van der Waals surface area contributed by atoms with Gasteiger partial charge in [0.2, 0.25) is 0 Å². The number of hydrogen-bond donors (Lipinski definition) is 2. The van der Waals surface area contributed by atoms with E-state index < -0.39 is 24.0 Å². The number of halogens is 1. The highest BCUT2D eigenvalue weighted by Gasteiger charge is 2.36. The average molecular weight is 433 g/mol. The Labute approximate surface area is 164 Å². The molecule has 27 heavy (non-hydrogen) atoms. The molecule has 0 spiro atoms. The van der Waals surface area contributed by atoms with Crippen LogP contribution in [0.4, 0.5) is 10.5 Å². The minimum atomic E-state index is -1.15. The predicted octanol–water partition coefficient (Wildman–Crippen LogP) is 3.45. The largest absolute Gasteiger partial charge is 0.465 e. The predicted molar refractivity (Wildman–Crippen MR) is 102 cm³/mol. The molecule has 3 rings (SSSR count). The van der Waals surface area contributed by atoms with Crippen molar-refractivity contribution in [1.82, 2.24) is 4.90 Å². The Morgan fingerprint density at radius 3 is 2.52 bits per heavy atom. The molecule has 2 N–H and O–H groups in total. The van der Waals surface area contributed by atoms with Crippen LogP contribution >= 0.6 is 15.9 Å². The number of benzene rings is 2. The zero-order valence-corrected chi connectivity index (χ0v) is 16.0. The molecular weight excluding hydrogens is 416 g/mol. The molecule has 140 valence electrons. The first-order valence-electron chi connectivity index (χ1n) is 8.18. The van der Waals surface area contributed by atoms with Gasteiger partial charge in [0.05, 0.1) is 12.7 Å². The van der Waals surface area contributed by atoms with Crippen LogP contribution in [0.5, 0.6) is 0 Å². The molecule has 1 atom stereocenters. The number of amides is 2. The number of esters is 1. The molecule has 0 fully saturated rings. The van der Waals surface area contributed by atoms with Crippen molar-refractivity contribution in [3.8, 4) is 0 Å². The first-order valence-corrected chi connectivity index (χ1v) is 8.97. The molecule has 1 heterocycles. The maximum atomic E-state index is 12.9. The van der Waals surface area contributed by atoms with Crippen molar-refractivity contribution < 1.29 is 24.2 Å². The van der Waals surface area contributed by atoms with E-state index in [9.17, 15) is 19.5 Å². The van der Waals surface area contributed by atoms with Crippen molar-refractivity contribution >= 4 is 39.6 Å². The molecule has 0 saturated heterocycles. The molecule has 0 radical (unpaired) electrons. The van der Waals surface area contributed by atoms with Gasteiger partial charge in [0, 0.05) is 16.7 Å². The summed E-state index contributed by atoms with van der Waals surface area (Å²) in [4.78, 5) is 37.2. The Hall–Kier alpha value is -2.87. The summed E-state index contributed by atoms with van der Waals surface area (Å²) in [5.41, 5.74) is 2.40. The fraction of sp³-hybridized carbons (Fsp3) is 0.211. The number of carbonyl (C=O) groups is 3. The minimum Gasteiger partial charge on any atom is -0.465 e. The lowest BCUT2D eigenvalue weighted by molar-refractivity contribution is -0.121. The second-order valence-electron chi connectivity index (χ2n) is 5.99. The lowest BCUT2D eigenvalue weighted by Crippen LogP contribution is -2.44. The van der Waals surface area contributed by atoms with Gasteiger partial charge < -0.3 is 15.2 Å². The van der Waals surface area contributed by atoms with E-state index in [1.807, 2.05) is 6.07 Å². The number of ether oxygens (including phenoxy) is 1. The third kappa shape index (κ3) is 3.80. The minimum absolute atomic E-state index is 0.226. The molecule has 0 saturated carbocycles. The lowest BCUT2D eigenvalue weighted by Gasteiger charge is -2.34. The van der Waals surface area contributed by atoms with Gasteiger partial charge in [-0.3, -0.25) is 9.69 Å². The number of anilines is 1. The highest BCUT2D eigenvalue weighted by molar-refractivity contribution is 9.10. The second kappa shape index (κ2) is 7.79. The molecule has 7 nitrogen and oxygen atoms in total. The maximum absolute atomic E-state index is 12.9. The third-order valence-electron chi connectivity index (χ3n) is 4.43. The van der Waals surface area contributed by atoms with Gasteiger partial charge in [-0.1, -0.05) is 28.1 Å². The van der Waals surface area contributed by atoms with Crippen LogP contribution in [0, 0.1) is 0 Å². The Morgan fingerprint density at radius 2 is 1.89 bits per heavy atom. The van der Waals surface area contributed by atoms with E-state index in [0.29, 0.717) is 23.2 Å². The van der Waals surface area contributed by atoms with Gasteiger partial charge in [-0.05, 0) is 47.9 Å². The smallest absolute Gasteiger partial charge is 0.408 e. The molecule has 0 bridgehead atoms. The monoisotopic (exact) mass is 432 g/mol. The molecule has 0 aliphatic carbocycles. The zero-order valence-electron chi connectivity index (χ0n) is 14.4. The number of carbonyl (C=O) groups excluding carboxylic acids is 2. The summed E-state index contributed by atoms with van der Waals surface area (Å²) < 4.78 is 5.49. The number of nitrogens with zero attached hydrogens (tertiary/aromatic N) is 1. The first kappa shape index (κ1) is 18.9. The van der Waals surface area contributed by atoms with Gasteiger partial charge in [-0.15, -0.1) is 0 Å². The number of nitrogens with one attached hydrogen (secondary N) is 1. The molecule has 0 unspecified atom stereocenters. The second-order valence-corrected chi connectivity index (χ2v) is 6.85. The van der Waals surface area contributed by atoms with E-state index in [2.05, 4.69) is 26.0 Å². The zero-order chi connectivity index (χ0) is 19.6. The summed E-state index contributed by atoms with van der Waals surface area (Å²) >= 11 is 3.47. The van der Waals surface area contributed by atoms with Crippen LogP contribution in [0.25, 0.3) is 0 Å². The van der Waals surface area contributed by atoms with E-state index in [1.54, 1.807) is 24.3 Å². The molecule has 2 amide bonds. The fourth-order valence-electron chi connectivity index (χ4n) is 3.13. The topological polar surface area (TPSA) is 95.9 Å². The van der Waals surface area contributed by atoms with Gasteiger partial charge in [0.1, 0.15) is 6.04 Å². The normalized spacial score (nSPS) is 15.6. The molecule has 1 aliphatic heterocycles. The van der Waals surface area contributed by atoms with Gasteiger partial charge >= 0.3 is 12.1 Å². The molecule has 2 aromatic carbocycles. The Balaban J connectivity index is 1.88. The van der Waals surface area contributed by atoms with Crippen LogP contribution in [-0.4, -0.2) is 41.6 Å². The summed E-state index contributed by atoms with van der Waals surface area (Å²) in [6, 6.07) is 10.7. The summed E-state index contributed by atoms with van der Waals surface area (Å²) in [6.45, 7) is 0.226. The van der Waals surface area contributed by atoms with Crippen molar-refractivity contribution in [3.05, 3.63) is 63.6 Å². The number of methoxy groups -OCH3 is 1. The Kier molecular flexibility index (Phi) is 5.46. The average Bonchev–Trinajstić information content (AvgIpc) is 2.67. The molecule has 8 heteroatoms. The van der Waals surface area contributed by atoms with E-state index in [4.69, 9.17) is 0 Å². The van der Waals surface area contributed by atoms with Crippen molar-refractivity contribution in [2.45, 2.75) is 12.5 Å². The van der Waals surface area contributed by atoms with Gasteiger partial charge in [0.15, 0.2) is 0 Å². The Morgan fingerprint density at radius 1 is 1.19 bits per heavy atom. The molecular formula is C19H17BrN2O5. The highest BCUT2D eigenvalue weighted by Crippen LogP contribution is 2.34. The number of rotatable bonds is 3. The molecule has 0 aromatic heterocycles. The Bertz CT molecular complexity index is 897. The number of fused-ring (bicyclic) bond motifs is 1. The maximum Gasteiger partial charge on any atom is 0.408 e. The van der Waals surface area contributed by atoms with Crippen LogP contribution < -0.4 is 5.32 Å². The lowest BCUT2D eigenvalue weighted by atomic mass is 9.92. The number of hydrogen-bond acceptors (Lipinski definition) is 4. The van der Waals surface area contributed by atoms with E-state index in [0.717, 1.165) is 14.9 Å². The standard InChI is InChI=1S/C19H17BrN2O5/c1-27-18(24)11-5-7-12(8-6-11)21-17(23)16-14-3-2-4-15(20)13(14)9-10-22(16)19(25)26/h2-8,16H,9-10H2,1H3,(H,21,23)(H,25,26)/t16-/m0/s1. The van der Waals surface area contributed by atoms with Crippen molar-refractivity contribution in [3.63, 3.8) is 0 Å². The van der Waals surface area contributed by atoms with Crippen LogP contribution in [0.15, 0.2) is 46.9 Å². The van der Waals surface area contributed by atoms with Gasteiger partial charge in [-0.25, -0.2) is 9.59 Å². The SMILES string of the molecule is COC(=O)c1ccc(NC(=O)[C@@H]2c3cccc(Br)c3CCN2C(=O)O)cc1. The summed E-state index contributed by atoms with van der Waals surface area (Å²) in [6.07, 6.45) is -0.623. The summed E-state index contributed by atoms with van der Waals surface area (Å²) in [7, 11) is 1.29. The van der Waals surface area contributed by atoms with Crippen LogP contribution in [0.3, 0.4) is 0 Å². The van der Waals surface area contributed by atoms with Crippen molar-refractivity contribution in [2.75, 3.05) is 19.0 Å².